The van der Waals surface area contributed by atoms with Gasteiger partial charge in [-0.1, -0.05) is 11.6 Å². The molecule has 0 unspecified atom stereocenters. The predicted molar refractivity (Wildman–Crippen MR) is 83.2 cm³/mol. The van der Waals surface area contributed by atoms with Crippen LogP contribution < -0.4 is 10.6 Å². The summed E-state index contributed by atoms with van der Waals surface area (Å²) >= 11 is 5.79. The Morgan fingerprint density at radius 1 is 0.955 bits per heavy atom. The van der Waals surface area contributed by atoms with Gasteiger partial charge in [0.2, 0.25) is 0 Å². The van der Waals surface area contributed by atoms with Crippen molar-refractivity contribution in [2.24, 2.45) is 0 Å². The maximum Gasteiger partial charge on any atom is 0.323 e. The molecule has 2 aromatic heterocycles. The first-order valence-electron chi connectivity index (χ1n) is 6.35. The normalized spacial score (nSPS) is 10.2. The van der Waals surface area contributed by atoms with Gasteiger partial charge in [0.25, 0.3) is 0 Å². The second kappa shape index (κ2) is 6.23. The van der Waals surface area contributed by atoms with Gasteiger partial charge in [0.15, 0.2) is 0 Å². The molecule has 2 N–H and O–H groups in total. The summed E-state index contributed by atoms with van der Waals surface area (Å²) in [4.78, 5) is 16.1. The van der Waals surface area contributed by atoms with Crippen LogP contribution in [0, 0.1) is 0 Å². The standard InChI is InChI=1S/C14H11ClN6O/c15-10-1-3-11(4-2-10)19-14(22)20-12-5-6-13(16-7-12)21-8-17-18-9-21/h1-9H,(H2,19,20,22). The molecular formula is C14H11ClN6O. The van der Waals surface area contributed by atoms with Crippen molar-refractivity contribution in [2.45, 2.75) is 0 Å². The third kappa shape index (κ3) is 3.39. The zero-order valence-electron chi connectivity index (χ0n) is 11.3. The highest BCUT2D eigenvalue weighted by Gasteiger charge is 2.04. The highest BCUT2D eigenvalue weighted by atomic mass is 35.5. The van der Waals surface area contributed by atoms with Gasteiger partial charge in [-0.05, 0) is 36.4 Å². The molecule has 0 saturated carbocycles. The molecule has 22 heavy (non-hydrogen) atoms. The molecule has 0 aliphatic carbocycles. The zero-order chi connectivity index (χ0) is 15.4. The lowest BCUT2D eigenvalue weighted by molar-refractivity contribution is 0.262. The number of amides is 2. The molecule has 0 radical (unpaired) electrons. The van der Waals surface area contributed by atoms with E-state index in [4.69, 9.17) is 11.6 Å². The van der Waals surface area contributed by atoms with E-state index in [-0.39, 0.29) is 6.03 Å². The molecule has 110 valence electrons. The number of halogens is 1. The van der Waals surface area contributed by atoms with Crippen LogP contribution >= 0.6 is 11.6 Å². The summed E-state index contributed by atoms with van der Waals surface area (Å²) < 4.78 is 1.66. The fraction of sp³-hybridized carbons (Fsp3) is 0. The highest BCUT2D eigenvalue weighted by molar-refractivity contribution is 6.30. The number of pyridine rings is 1. The summed E-state index contributed by atoms with van der Waals surface area (Å²) in [5, 5.41) is 13.4. The fourth-order valence-electron chi connectivity index (χ4n) is 1.76. The number of rotatable bonds is 3. The Morgan fingerprint density at radius 2 is 1.59 bits per heavy atom. The number of anilines is 2. The van der Waals surface area contributed by atoms with Crippen LogP contribution in [0.25, 0.3) is 5.82 Å². The lowest BCUT2D eigenvalue weighted by Gasteiger charge is -2.08. The molecule has 1 aromatic carbocycles. The van der Waals surface area contributed by atoms with Crippen molar-refractivity contribution in [2.75, 3.05) is 10.6 Å². The van der Waals surface area contributed by atoms with E-state index in [0.717, 1.165) is 0 Å². The van der Waals surface area contributed by atoms with E-state index in [0.29, 0.717) is 22.2 Å². The molecule has 7 nitrogen and oxygen atoms in total. The van der Waals surface area contributed by atoms with E-state index < -0.39 is 0 Å². The van der Waals surface area contributed by atoms with E-state index in [1.54, 1.807) is 59.8 Å². The molecule has 2 heterocycles. The Balaban J connectivity index is 1.63. The number of benzene rings is 1. The third-order valence-corrected chi connectivity index (χ3v) is 3.04. The Bertz CT molecular complexity index is 755. The molecule has 0 atom stereocenters. The zero-order valence-corrected chi connectivity index (χ0v) is 12.0. The second-order valence-corrected chi connectivity index (χ2v) is 4.80. The maximum atomic E-state index is 11.9. The van der Waals surface area contributed by atoms with E-state index in [1.807, 2.05) is 0 Å². The molecular weight excluding hydrogens is 304 g/mol. The van der Waals surface area contributed by atoms with Crippen LogP contribution in [0.1, 0.15) is 0 Å². The number of carbonyl (C=O) groups is 1. The van der Waals surface area contributed by atoms with Crippen LogP contribution in [0.15, 0.2) is 55.2 Å². The lowest BCUT2D eigenvalue weighted by Crippen LogP contribution is -2.19. The summed E-state index contributed by atoms with van der Waals surface area (Å²) in [6.45, 7) is 0. The number of carbonyl (C=O) groups excluding carboxylic acids is 1. The van der Waals surface area contributed by atoms with Crippen LogP contribution in [0.3, 0.4) is 0 Å². The molecule has 3 aromatic rings. The van der Waals surface area contributed by atoms with Crippen molar-refractivity contribution in [1.82, 2.24) is 19.7 Å². The van der Waals surface area contributed by atoms with E-state index >= 15 is 0 Å². The van der Waals surface area contributed by atoms with Gasteiger partial charge in [-0.2, -0.15) is 0 Å². The predicted octanol–water partition coefficient (Wildman–Crippen LogP) is 2.96. The lowest BCUT2D eigenvalue weighted by atomic mass is 10.3. The third-order valence-electron chi connectivity index (χ3n) is 2.79. The van der Waals surface area contributed by atoms with Crippen molar-refractivity contribution < 1.29 is 4.79 Å². The fourth-order valence-corrected chi connectivity index (χ4v) is 1.88. The molecule has 0 fully saturated rings. The van der Waals surface area contributed by atoms with Crippen LogP contribution in [0.5, 0.6) is 0 Å². The average Bonchev–Trinajstić information content (AvgIpc) is 3.05. The van der Waals surface area contributed by atoms with Crippen LogP contribution in [0.4, 0.5) is 16.2 Å². The second-order valence-electron chi connectivity index (χ2n) is 4.36. The molecule has 0 saturated heterocycles. The molecule has 2 amide bonds. The van der Waals surface area contributed by atoms with Crippen molar-refractivity contribution >= 4 is 29.0 Å². The average molecular weight is 315 g/mol. The minimum Gasteiger partial charge on any atom is -0.308 e. The van der Waals surface area contributed by atoms with Crippen LogP contribution in [-0.2, 0) is 0 Å². The molecule has 3 rings (SSSR count). The van der Waals surface area contributed by atoms with Crippen molar-refractivity contribution in [1.29, 1.82) is 0 Å². The number of aromatic nitrogens is 4. The summed E-state index contributed by atoms with van der Waals surface area (Å²) in [5.74, 6) is 0.661. The Labute approximate surface area is 131 Å². The molecule has 0 aliphatic heterocycles. The Kier molecular flexibility index (Phi) is 3.97. The molecule has 0 spiro atoms. The SMILES string of the molecule is O=C(Nc1ccc(Cl)cc1)Nc1ccc(-n2cnnc2)nc1. The van der Waals surface area contributed by atoms with Gasteiger partial charge in [0, 0.05) is 10.7 Å². The first-order chi connectivity index (χ1) is 10.7. The van der Waals surface area contributed by atoms with Gasteiger partial charge < -0.3 is 10.6 Å². The quantitative estimate of drug-likeness (QED) is 0.778. The first-order valence-corrected chi connectivity index (χ1v) is 6.73. The van der Waals surface area contributed by atoms with Crippen molar-refractivity contribution in [3.05, 3.63) is 60.3 Å². The summed E-state index contributed by atoms with van der Waals surface area (Å²) in [6, 6.07) is 9.97. The van der Waals surface area contributed by atoms with Gasteiger partial charge in [0.1, 0.15) is 18.5 Å². The largest absolute Gasteiger partial charge is 0.323 e. The molecule has 0 aliphatic rings. The minimum atomic E-state index is -0.360. The smallest absolute Gasteiger partial charge is 0.308 e. The van der Waals surface area contributed by atoms with Crippen LogP contribution in [-0.4, -0.2) is 25.8 Å². The number of hydrogen-bond acceptors (Lipinski definition) is 4. The first kappa shape index (κ1) is 14.0. The monoisotopic (exact) mass is 314 g/mol. The van der Waals surface area contributed by atoms with Gasteiger partial charge in [0.05, 0.1) is 11.9 Å². The van der Waals surface area contributed by atoms with Crippen LogP contribution in [0.2, 0.25) is 5.02 Å². The maximum absolute atomic E-state index is 11.9. The summed E-state index contributed by atoms with van der Waals surface area (Å²) in [5.41, 5.74) is 1.22. The van der Waals surface area contributed by atoms with Gasteiger partial charge in [-0.15, -0.1) is 10.2 Å². The number of nitrogens with one attached hydrogen (secondary N) is 2. The Hall–Kier alpha value is -2.93. The van der Waals surface area contributed by atoms with E-state index in [2.05, 4.69) is 25.8 Å². The topological polar surface area (TPSA) is 84.7 Å². The van der Waals surface area contributed by atoms with Gasteiger partial charge in [-0.25, -0.2) is 9.78 Å². The number of hydrogen-bond donors (Lipinski definition) is 2. The van der Waals surface area contributed by atoms with Gasteiger partial charge >= 0.3 is 6.03 Å². The number of urea groups is 1. The molecule has 8 heteroatoms. The van der Waals surface area contributed by atoms with Crippen molar-refractivity contribution in [3.8, 4) is 5.82 Å². The minimum absolute atomic E-state index is 0.360. The number of nitrogens with zero attached hydrogens (tertiary/aromatic N) is 4. The van der Waals surface area contributed by atoms with Gasteiger partial charge in [-0.3, -0.25) is 4.57 Å². The highest BCUT2D eigenvalue weighted by Crippen LogP contribution is 2.14. The molecule has 0 bridgehead atoms. The summed E-state index contributed by atoms with van der Waals surface area (Å²) in [6.07, 6.45) is 4.64. The summed E-state index contributed by atoms with van der Waals surface area (Å²) in [7, 11) is 0. The van der Waals surface area contributed by atoms with Crippen molar-refractivity contribution in [3.63, 3.8) is 0 Å². The van der Waals surface area contributed by atoms with E-state index in [1.165, 1.54) is 0 Å². The van der Waals surface area contributed by atoms with E-state index in [9.17, 15) is 4.79 Å². The Morgan fingerprint density at radius 3 is 2.23 bits per heavy atom.